The first kappa shape index (κ1) is 35.0. The van der Waals surface area contributed by atoms with Crippen molar-refractivity contribution in [3.8, 4) is 39.6 Å². The lowest BCUT2D eigenvalue weighted by Gasteiger charge is -2.14. The van der Waals surface area contributed by atoms with Crippen LogP contribution in [-0.2, 0) is 6.42 Å². The summed E-state index contributed by atoms with van der Waals surface area (Å²) in [4.78, 5) is 11.1. The molecule has 0 N–H and O–H groups in total. The molecule has 1 aliphatic rings. The van der Waals surface area contributed by atoms with Crippen LogP contribution < -0.4 is 0 Å². The van der Waals surface area contributed by atoms with Gasteiger partial charge >= 0.3 is 0 Å². The molecule has 0 bridgehead atoms. The topological polar surface area (TPSA) is 35.1 Å². The third kappa shape index (κ3) is 5.20. The van der Waals surface area contributed by atoms with Crippen LogP contribution in [0, 0.1) is 0 Å². The summed E-state index contributed by atoms with van der Waals surface area (Å²) in [5, 5.41) is 9.81. The molecule has 0 fully saturated rings. The number of aromatic nitrogens is 4. The van der Waals surface area contributed by atoms with Gasteiger partial charge in [0.1, 0.15) is 0 Å². The summed E-state index contributed by atoms with van der Waals surface area (Å²) >= 11 is 0. The molecule has 4 heterocycles. The Kier molecular flexibility index (Phi) is 7.67. The molecule has 4 heteroatoms. The van der Waals surface area contributed by atoms with Crippen molar-refractivity contribution in [1.29, 1.82) is 0 Å². The Labute approximate surface area is 358 Å². The molecule has 8 aromatic carbocycles. The third-order valence-electron chi connectivity index (χ3n) is 13.3. The van der Waals surface area contributed by atoms with Crippen LogP contribution in [0.1, 0.15) is 30.9 Å². The molecule has 1 aliphatic carbocycles. The van der Waals surface area contributed by atoms with Gasteiger partial charge in [0.25, 0.3) is 0 Å². The Morgan fingerprint density at radius 2 is 1.29 bits per heavy atom. The standard InChI is InChI=1S/C58H40N4/c1-2-36-15-11-12-22-44(36)50-35-49(43-26-25-39-20-9-10-21-40(39)31-43)59-58(60-50)62-52-30-28-41(37-16-5-3-6-17-37)32-48(52)55-54(62)34-47-45-29-27-42(38-18-7-4-8-19-38)33-53(45)61-51-24-14-13-23-46(51)56(55)57(47)61/h3-5,7-16,18-35H,2,6,17H2,1H3. The fraction of sp³-hybridized carbons (Fsp3) is 0.0690. The first-order valence-electron chi connectivity index (χ1n) is 21.8. The maximum Gasteiger partial charge on any atom is 0.235 e. The summed E-state index contributed by atoms with van der Waals surface area (Å²) in [6, 6.07) is 62.2. The smallest absolute Gasteiger partial charge is 0.235 e. The minimum atomic E-state index is 0.664. The van der Waals surface area contributed by atoms with Crippen molar-refractivity contribution < 1.29 is 0 Å². The molecule has 4 aromatic heterocycles. The zero-order valence-corrected chi connectivity index (χ0v) is 34.3. The van der Waals surface area contributed by atoms with Gasteiger partial charge in [-0.25, -0.2) is 9.97 Å². The number of fused-ring (bicyclic) bond motifs is 11. The molecule has 0 unspecified atom stereocenters. The molecule has 292 valence electrons. The maximum atomic E-state index is 5.57. The van der Waals surface area contributed by atoms with Crippen molar-refractivity contribution in [3.05, 3.63) is 199 Å². The number of allylic oxidation sites excluding steroid dienone is 4. The Bertz CT molecular complexity index is 3840. The van der Waals surface area contributed by atoms with E-state index >= 15 is 0 Å². The largest absolute Gasteiger partial charge is 0.308 e. The number of hydrogen-bond donors (Lipinski definition) is 0. The van der Waals surface area contributed by atoms with Gasteiger partial charge in [0.05, 0.1) is 39.0 Å². The van der Waals surface area contributed by atoms with Gasteiger partial charge in [0.15, 0.2) is 0 Å². The Morgan fingerprint density at radius 1 is 0.500 bits per heavy atom. The SMILES string of the molecule is CCc1ccccc1-c1cc(-c2ccc3ccccc3c2)nc(-n2c3ccc(C4=CC=CCC4)cc3c3c4c5ccccc5n5c6cc(-c7ccccc7)ccc6c(cc32)c45)n1. The zero-order chi connectivity index (χ0) is 40.9. The second kappa shape index (κ2) is 13.6. The fourth-order valence-electron chi connectivity index (χ4n) is 10.4. The third-order valence-corrected chi connectivity index (χ3v) is 13.3. The normalized spacial score (nSPS) is 13.2. The summed E-state index contributed by atoms with van der Waals surface area (Å²) in [5.41, 5.74) is 16.2. The number of benzene rings is 8. The predicted molar refractivity (Wildman–Crippen MR) is 261 cm³/mol. The summed E-state index contributed by atoms with van der Waals surface area (Å²) in [5.74, 6) is 0.664. The maximum absolute atomic E-state index is 5.57. The highest BCUT2D eigenvalue weighted by Gasteiger charge is 2.26. The lowest BCUT2D eigenvalue weighted by atomic mass is 9.95. The lowest BCUT2D eigenvalue weighted by molar-refractivity contribution is 0.993. The van der Waals surface area contributed by atoms with E-state index in [2.05, 4.69) is 204 Å². The van der Waals surface area contributed by atoms with Gasteiger partial charge in [0, 0.05) is 43.4 Å². The van der Waals surface area contributed by atoms with Gasteiger partial charge in [0.2, 0.25) is 5.95 Å². The molecule has 0 radical (unpaired) electrons. The Morgan fingerprint density at radius 3 is 2.18 bits per heavy atom. The molecular formula is C58H40N4. The minimum absolute atomic E-state index is 0.664. The Hall–Kier alpha value is -7.82. The van der Waals surface area contributed by atoms with Crippen LogP contribution in [0.3, 0.4) is 0 Å². The average Bonchev–Trinajstić information content (AvgIpc) is 3.98. The van der Waals surface area contributed by atoms with Crippen LogP contribution in [0.15, 0.2) is 188 Å². The second-order valence-electron chi connectivity index (χ2n) is 16.7. The highest BCUT2D eigenvalue weighted by Crippen LogP contribution is 2.48. The number of hydrogen-bond acceptors (Lipinski definition) is 2. The van der Waals surface area contributed by atoms with E-state index in [4.69, 9.17) is 9.97 Å². The first-order valence-corrected chi connectivity index (χ1v) is 21.8. The highest BCUT2D eigenvalue weighted by molar-refractivity contribution is 6.36. The summed E-state index contributed by atoms with van der Waals surface area (Å²) < 4.78 is 4.86. The van der Waals surface area contributed by atoms with E-state index in [-0.39, 0.29) is 0 Å². The lowest BCUT2D eigenvalue weighted by Crippen LogP contribution is -2.04. The van der Waals surface area contributed by atoms with E-state index in [9.17, 15) is 0 Å². The van der Waals surface area contributed by atoms with Gasteiger partial charge < -0.3 is 4.40 Å². The molecule has 0 aliphatic heterocycles. The zero-order valence-electron chi connectivity index (χ0n) is 34.3. The van der Waals surface area contributed by atoms with Gasteiger partial charge in [-0.1, -0.05) is 153 Å². The van der Waals surface area contributed by atoms with Crippen LogP contribution in [0.5, 0.6) is 0 Å². The van der Waals surface area contributed by atoms with Gasteiger partial charge in [-0.3, -0.25) is 4.57 Å². The van der Waals surface area contributed by atoms with E-state index in [1.54, 1.807) is 0 Å². The molecule has 0 saturated carbocycles. The van der Waals surface area contributed by atoms with Crippen molar-refractivity contribution in [3.63, 3.8) is 0 Å². The van der Waals surface area contributed by atoms with E-state index in [1.165, 1.54) is 87.5 Å². The van der Waals surface area contributed by atoms with E-state index < -0.39 is 0 Å². The molecule has 13 rings (SSSR count). The first-order chi connectivity index (χ1) is 30.7. The summed E-state index contributed by atoms with van der Waals surface area (Å²) in [7, 11) is 0. The molecule has 0 atom stereocenters. The molecule has 12 aromatic rings. The summed E-state index contributed by atoms with van der Waals surface area (Å²) in [6.07, 6.45) is 9.73. The van der Waals surface area contributed by atoms with Crippen LogP contribution in [0.2, 0.25) is 0 Å². The molecule has 0 spiro atoms. The number of aryl methyl sites for hydroxylation is 1. The fourth-order valence-corrected chi connectivity index (χ4v) is 10.4. The number of rotatable bonds is 6. The van der Waals surface area contributed by atoms with Crippen molar-refractivity contribution in [2.24, 2.45) is 0 Å². The van der Waals surface area contributed by atoms with Crippen LogP contribution in [-0.4, -0.2) is 18.9 Å². The summed E-state index contributed by atoms with van der Waals surface area (Å²) in [6.45, 7) is 2.22. The highest BCUT2D eigenvalue weighted by atomic mass is 15.2. The number of para-hydroxylation sites is 1. The molecule has 0 amide bonds. The van der Waals surface area contributed by atoms with E-state index in [0.29, 0.717) is 5.95 Å². The Balaban J connectivity index is 1.18. The van der Waals surface area contributed by atoms with Gasteiger partial charge in [-0.2, -0.15) is 0 Å². The second-order valence-corrected chi connectivity index (χ2v) is 16.7. The minimum Gasteiger partial charge on any atom is -0.308 e. The number of nitrogens with zero attached hydrogens (tertiary/aromatic N) is 4. The molecular weight excluding hydrogens is 753 g/mol. The van der Waals surface area contributed by atoms with Crippen molar-refractivity contribution in [2.75, 3.05) is 0 Å². The van der Waals surface area contributed by atoms with Gasteiger partial charge in [-0.15, -0.1) is 0 Å². The van der Waals surface area contributed by atoms with E-state index in [1.807, 2.05) is 0 Å². The quantitative estimate of drug-likeness (QED) is 0.168. The van der Waals surface area contributed by atoms with Crippen LogP contribution in [0.25, 0.3) is 116 Å². The predicted octanol–water partition coefficient (Wildman–Crippen LogP) is 15.2. The van der Waals surface area contributed by atoms with E-state index in [0.717, 1.165) is 52.8 Å². The monoisotopic (exact) mass is 792 g/mol. The van der Waals surface area contributed by atoms with Crippen LogP contribution in [0.4, 0.5) is 0 Å². The molecule has 62 heavy (non-hydrogen) atoms. The average molecular weight is 793 g/mol. The van der Waals surface area contributed by atoms with Gasteiger partial charge in [-0.05, 0) is 100 Å². The van der Waals surface area contributed by atoms with Crippen molar-refractivity contribution in [1.82, 2.24) is 18.9 Å². The molecule has 0 saturated heterocycles. The van der Waals surface area contributed by atoms with Crippen LogP contribution >= 0.6 is 0 Å². The van der Waals surface area contributed by atoms with Crippen molar-refractivity contribution in [2.45, 2.75) is 26.2 Å². The molecule has 4 nitrogen and oxygen atoms in total. The van der Waals surface area contributed by atoms with Crippen molar-refractivity contribution >= 4 is 76.2 Å².